The van der Waals surface area contributed by atoms with Crippen molar-refractivity contribution in [3.05, 3.63) is 91.0 Å². The molecule has 3 aromatic rings. The van der Waals surface area contributed by atoms with Gasteiger partial charge in [-0.2, -0.15) is 0 Å². The molecule has 1 unspecified atom stereocenters. The molecule has 0 aromatic heterocycles. The van der Waals surface area contributed by atoms with Crippen LogP contribution in [-0.4, -0.2) is 19.1 Å². The van der Waals surface area contributed by atoms with Crippen molar-refractivity contribution in [3.8, 4) is 0 Å². The van der Waals surface area contributed by atoms with Crippen LogP contribution in [-0.2, 0) is 4.57 Å². The van der Waals surface area contributed by atoms with Gasteiger partial charge >= 0.3 is 8.10 Å². The molecule has 0 saturated carbocycles. The molecule has 2 atom stereocenters. The number of hydrogen-bond donors (Lipinski definition) is 1. The van der Waals surface area contributed by atoms with Crippen molar-refractivity contribution in [2.24, 2.45) is 0 Å². The summed E-state index contributed by atoms with van der Waals surface area (Å²) in [5, 5.41) is 3.47. The number of anilines is 3. The maximum atomic E-state index is 13.3. The third-order valence-electron chi connectivity index (χ3n) is 4.78. The molecule has 3 aromatic carbocycles. The second-order valence-corrected chi connectivity index (χ2v) is 8.01. The van der Waals surface area contributed by atoms with Crippen LogP contribution in [0.4, 0.5) is 17.1 Å². The van der Waals surface area contributed by atoms with Crippen LogP contribution in [0.5, 0.6) is 0 Å². The molecule has 0 aliphatic carbocycles. The van der Waals surface area contributed by atoms with E-state index in [0.29, 0.717) is 0 Å². The van der Waals surface area contributed by atoms with E-state index in [1.54, 1.807) is 0 Å². The Labute approximate surface area is 161 Å². The smallest absolute Gasteiger partial charge is 0.385 e. The lowest BCUT2D eigenvalue weighted by Gasteiger charge is -2.16. The topological polar surface area (TPSA) is 35.6 Å². The summed E-state index contributed by atoms with van der Waals surface area (Å²) < 4.78 is 17.4. The number of nitrogens with zero attached hydrogens (tertiary/aromatic N) is 2. The van der Waals surface area contributed by atoms with Gasteiger partial charge in [0, 0.05) is 12.2 Å². The van der Waals surface area contributed by atoms with Crippen LogP contribution in [0, 0.1) is 0 Å². The summed E-state index contributed by atoms with van der Waals surface area (Å²) in [6.45, 7) is 1.59. The minimum atomic E-state index is -1.67. The Morgan fingerprint density at radius 3 is 2.00 bits per heavy atom. The van der Waals surface area contributed by atoms with Crippen LogP contribution >= 0.6 is 8.10 Å². The van der Waals surface area contributed by atoms with E-state index in [4.69, 9.17) is 0 Å². The van der Waals surface area contributed by atoms with Crippen molar-refractivity contribution < 1.29 is 4.57 Å². The minimum Gasteiger partial charge on any atom is -0.385 e. The summed E-state index contributed by atoms with van der Waals surface area (Å²) in [4.78, 5) is 0. The molecule has 1 fully saturated rings. The van der Waals surface area contributed by atoms with Gasteiger partial charge < -0.3 is 5.32 Å². The minimum absolute atomic E-state index is 0.187. The Bertz CT molecular complexity index is 874. The van der Waals surface area contributed by atoms with Gasteiger partial charge in [0.1, 0.15) is 6.04 Å². The molecule has 4 rings (SSSR count). The third kappa shape index (κ3) is 3.96. The van der Waals surface area contributed by atoms with Gasteiger partial charge in [0.05, 0.1) is 17.9 Å². The van der Waals surface area contributed by atoms with Crippen molar-refractivity contribution in [2.75, 3.05) is 27.7 Å². The number of benzene rings is 3. The fourth-order valence-corrected chi connectivity index (χ4v) is 5.14. The Balaban J connectivity index is 1.53. The first-order valence-electron chi connectivity index (χ1n) is 9.26. The first-order valence-corrected chi connectivity index (χ1v) is 10.4. The molecule has 27 heavy (non-hydrogen) atoms. The van der Waals surface area contributed by atoms with Crippen molar-refractivity contribution >= 4 is 25.2 Å². The van der Waals surface area contributed by atoms with E-state index in [1.165, 1.54) is 0 Å². The Kier molecular flexibility index (Phi) is 5.36. The highest BCUT2D eigenvalue weighted by Crippen LogP contribution is 2.47. The summed E-state index contributed by atoms with van der Waals surface area (Å²) in [5.41, 5.74) is 3.14. The molecular weight excluding hydrogens is 353 g/mol. The largest absolute Gasteiger partial charge is 0.596 e. The molecule has 0 bridgehead atoms. The lowest BCUT2D eigenvalue weighted by Crippen LogP contribution is -2.29. The Morgan fingerprint density at radius 2 is 1.37 bits per heavy atom. The monoisotopic (exact) mass is 376 g/mol. The predicted octanol–water partition coefficient (Wildman–Crippen LogP) is 5.54. The molecule has 1 aliphatic rings. The summed E-state index contributed by atoms with van der Waals surface area (Å²) in [6.07, 6.45) is 0.911. The van der Waals surface area contributed by atoms with E-state index in [-0.39, 0.29) is 6.04 Å². The Morgan fingerprint density at radius 1 is 0.815 bits per heavy atom. The first kappa shape index (κ1) is 17.6. The SMILES string of the molecule is O=[P+]1N(c2ccccc2)C[C@H](CCNc2ccccc2)N1c1ccccc1. The highest BCUT2D eigenvalue weighted by molar-refractivity contribution is 7.49. The molecule has 1 N–H and O–H groups in total. The van der Waals surface area contributed by atoms with Crippen molar-refractivity contribution in [3.63, 3.8) is 0 Å². The van der Waals surface area contributed by atoms with Crippen LogP contribution in [0.3, 0.4) is 0 Å². The number of nitrogens with one attached hydrogen (secondary N) is 1. The van der Waals surface area contributed by atoms with Gasteiger partial charge in [0.15, 0.2) is 0 Å². The van der Waals surface area contributed by atoms with Crippen LogP contribution in [0.15, 0.2) is 91.0 Å². The van der Waals surface area contributed by atoms with Crippen molar-refractivity contribution in [1.29, 1.82) is 0 Å². The highest BCUT2D eigenvalue weighted by Gasteiger charge is 2.50. The van der Waals surface area contributed by atoms with Crippen molar-refractivity contribution in [1.82, 2.24) is 0 Å². The van der Waals surface area contributed by atoms with Gasteiger partial charge in [-0.05, 0) is 47.4 Å². The second-order valence-electron chi connectivity index (χ2n) is 6.59. The van der Waals surface area contributed by atoms with Crippen LogP contribution in [0.2, 0.25) is 0 Å². The molecule has 4 nitrogen and oxygen atoms in total. The van der Waals surface area contributed by atoms with E-state index < -0.39 is 8.10 Å². The van der Waals surface area contributed by atoms with Gasteiger partial charge in [-0.3, -0.25) is 0 Å². The second kappa shape index (κ2) is 8.24. The fourth-order valence-electron chi connectivity index (χ4n) is 3.45. The summed E-state index contributed by atoms with van der Waals surface area (Å²) in [7, 11) is -1.67. The van der Waals surface area contributed by atoms with E-state index in [1.807, 2.05) is 83.5 Å². The average molecular weight is 376 g/mol. The number of rotatable bonds is 6. The highest BCUT2D eigenvalue weighted by atomic mass is 31.1. The maximum Gasteiger partial charge on any atom is 0.596 e. The number of hydrogen-bond acceptors (Lipinski definition) is 2. The van der Waals surface area contributed by atoms with Crippen molar-refractivity contribution in [2.45, 2.75) is 12.5 Å². The lowest BCUT2D eigenvalue weighted by atomic mass is 10.1. The lowest BCUT2D eigenvalue weighted by molar-refractivity contribution is 0.586. The van der Waals surface area contributed by atoms with Crippen LogP contribution in [0.25, 0.3) is 0 Å². The summed E-state index contributed by atoms with van der Waals surface area (Å²) in [6, 6.07) is 30.5. The Hall–Kier alpha value is -2.84. The quantitative estimate of drug-likeness (QED) is 0.573. The van der Waals surface area contributed by atoms with E-state index in [0.717, 1.165) is 36.6 Å². The van der Waals surface area contributed by atoms with E-state index in [2.05, 4.69) is 22.1 Å². The zero-order valence-corrected chi connectivity index (χ0v) is 16.0. The predicted molar refractivity (Wildman–Crippen MR) is 114 cm³/mol. The van der Waals surface area contributed by atoms with Gasteiger partial charge in [0.2, 0.25) is 0 Å². The molecule has 136 valence electrons. The molecule has 1 heterocycles. The molecule has 5 heteroatoms. The molecule has 1 aliphatic heterocycles. The van der Waals surface area contributed by atoms with Crippen LogP contribution in [0.1, 0.15) is 6.42 Å². The maximum absolute atomic E-state index is 13.3. The molecule has 1 saturated heterocycles. The third-order valence-corrected chi connectivity index (χ3v) is 6.51. The van der Waals surface area contributed by atoms with Crippen LogP contribution < -0.4 is 14.7 Å². The molecule has 0 radical (unpaired) electrons. The fraction of sp³-hybridized carbons (Fsp3) is 0.182. The molecular formula is C22H23N3OP+. The van der Waals surface area contributed by atoms with E-state index in [9.17, 15) is 4.57 Å². The van der Waals surface area contributed by atoms with Gasteiger partial charge in [-0.25, -0.2) is 0 Å². The normalized spacial score (nSPS) is 17.9. The van der Waals surface area contributed by atoms with Gasteiger partial charge in [-0.1, -0.05) is 54.6 Å². The summed E-state index contributed by atoms with van der Waals surface area (Å²) >= 11 is 0. The van der Waals surface area contributed by atoms with Gasteiger partial charge in [0.25, 0.3) is 0 Å². The van der Waals surface area contributed by atoms with E-state index >= 15 is 0 Å². The zero-order chi connectivity index (χ0) is 18.5. The standard InChI is InChI=1S/C22H23N3OP/c26-27-24(20-12-6-2-7-13-20)18-22(25(27)21-14-8-3-9-15-21)16-17-23-19-10-4-1-5-11-19/h1-15,22-23H,16-18H2/q+1/t22-/m0/s1. The van der Waals surface area contributed by atoms with Gasteiger partial charge in [-0.15, -0.1) is 9.34 Å². The first-order chi connectivity index (χ1) is 13.3. The average Bonchev–Trinajstić information content (AvgIpc) is 3.06. The molecule has 0 spiro atoms. The molecule has 0 amide bonds. The number of para-hydroxylation sites is 3. The summed E-state index contributed by atoms with van der Waals surface area (Å²) in [5.74, 6) is 0. The zero-order valence-electron chi connectivity index (χ0n) is 15.1.